The number of amides is 2. The van der Waals surface area contributed by atoms with Crippen LogP contribution in [0.3, 0.4) is 0 Å². The van der Waals surface area contributed by atoms with Crippen LogP contribution in [0.4, 0.5) is 11.4 Å². The molecule has 0 unspecified atom stereocenters. The van der Waals surface area contributed by atoms with Gasteiger partial charge in [0.05, 0.1) is 11.4 Å². The molecule has 2 amide bonds. The van der Waals surface area contributed by atoms with Crippen molar-refractivity contribution >= 4 is 45.6 Å². The van der Waals surface area contributed by atoms with Crippen LogP contribution >= 0.6 is 11.6 Å². The third kappa shape index (κ3) is 4.67. The number of hydrogen-bond acceptors (Lipinski definition) is 3. The normalized spacial score (nSPS) is 14.0. The fraction of sp³-hybridized carbons (Fsp3) is 0.280. The third-order valence-electron chi connectivity index (χ3n) is 5.68. The fourth-order valence-corrected chi connectivity index (χ4v) is 4.24. The second-order valence-electron chi connectivity index (χ2n) is 7.76. The van der Waals surface area contributed by atoms with Crippen molar-refractivity contribution in [3.05, 3.63) is 71.2 Å². The number of anilines is 2. The second kappa shape index (κ2) is 9.40. The fourth-order valence-electron chi connectivity index (χ4n) is 4.07. The van der Waals surface area contributed by atoms with Gasteiger partial charge in [0.15, 0.2) is 0 Å². The molecule has 0 radical (unpaired) electrons. The summed E-state index contributed by atoms with van der Waals surface area (Å²) in [7, 11) is 0. The lowest BCUT2D eigenvalue weighted by molar-refractivity contribution is -0.131. The predicted octanol–water partition coefficient (Wildman–Crippen LogP) is 5.19. The minimum Gasteiger partial charge on any atom is -0.366 e. The van der Waals surface area contributed by atoms with E-state index in [1.165, 1.54) is 0 Å². The molecule has 1 fully saturated rings. The molecule has 5 nitrogen and oxygen atoms in total. The predicted molar refractivity (Wildman–Crippen MR) is 127 cm³/mol. The molecule has 3 aromatic rings. The van der Waals surface area contributed by atoms with Crippen molar-refractivity contribution in [3.63, 3.8) is 0 Å². The van der Waals surface area contributed by atoms with E-state index in [0.717, 1.165) is 22.9 Å². The van der Waals surface area contributed by atoms with Gasteiger partial charge in [-0.2, -0.15) is 0 Å². The van der Waals surface area contributed by atoms with Gasteiger partial charge >= 0.3 is 0 Å². The lowest BCUT2D eigenvalue weighted by Gasteiger charge is -2.37. The number of carbonyl (C=O) groups excluding carboxylic acids is 2. The Hall–Kier alpha value is -3.05. The Morgan fingerprint density at radius 1 is 0.968 bits per heavy atom. The molecule has 0 atom stereocenters. The molecule has 0 saturated carbocycles. The smallest absolute Gasteiger partial charge is 0.256 e. The van der Waals surface area contributed by atoms with Crippen molar-refractivity contribution < 1.29 is 9.59 Å². The van der Waals surface area contributed by atoms with E-state index in [-0.39, 0.29) is 11.8 Å². The largest absolute Gasteiger partial charge is 0.366 e. The third-order valence-corrected chi connectivity index (χ3v) is 5.91. The molecule has 1 aliphatic heterocycles. The molecule has 1 N–H and O–H groups in total. The Labute approximate surface area is 187 Å². The molecular weight excluding hydrogens is 410 g/mol. The van der Waals surface area contributed by atoms with Crippen LogP contribution < -0.4 is 10.2 Å². The van der Waals surface area contributed by atoms with E-state index in [1.54, 1.807) is 6.07 Å². The van der Waals surface area contributed by atoms with Gasteiger partial charge in [-0.3, -0.25) is 9.59 Å². The molecule has 6 heteroatoms. The number of benzene rings is 3. The first-order chi connectivity index (χ1) is 15.1. The Morgan fingerprint density at radius 3 is 2.48 bits per heavy atom. The van der Waals surface area contributed by atoms with E-state index in [4.69, 9.17) is 11.6 Å². The minimum absolute atomic E-state index is 0.169. The lowest BCUT2D eigenvalue weighted by atomic mass is 10.0. The molecule has 3 aromatic carbocycles. The number of rotatable bonds is 5. The van der Waals surface area contributed by atoms with E-state index in [9.17, 15) is 9.59 Å². The van der Waals surface area contributed by atoms with Crippen molar-refractivity contribution in [1.82, 2.24) is 4.90 Å². The van der Waals surface area contributed by atoms with Gasteiger partial charge in [-0.05, 0) is 41.5 Å². The van der Waals surface area contributed by atoms with Crippen LogP contribution in [0.1, 0.15) is 30.1 Å². The van der Waals surface area contributed by atoms with E-state index in [2.05, 4.69) is 10.2 Å². The van der Waals surface area contributed by atoms with E-state index in [1.807, 2.05) is 66.4 Å². The molecule has 0 aliphatic carbocycles. The van der Waals surface area contributed by atoms with Gasteiger partial charge < -0.3 is 15.1 Å². The first-order valence-corrected chi connectivity index (χ1v) is 11.1. The maximum absolute atomic E-state index is 13.2. The topological polar surface area (TPSA) is 52.7 Å². The van der Waals surface area contributed by atoms with Gasteiger partial charge in [0.2, 0.25) is 5.91 Å². The van der Waals surface area contributed by atoms with Crippen LogP contribution in [0, 0.1) is 0 Å². The van der Waals surface area contributed by atoms with E-state index < -0.39 is 0 Å². The van der Waals surface area contributed by atoms with E-state index in [0.29, 0.717) is 48.9 Å². The molecule has 0 bridgehead atoms. The molecule has 31 heavy (non-hydrogen) atoms. The summed E-state index contributed by atoms with van der Waals surface area (Å²) in [5, 5.41) is 5.56. The van der Waals surface area contributed by atoms with Gasteiger partial charge in [-0.1, -0.05) is 54.9 Å². The van der Waals surface area contributed by atoms with Crippen LogP contribution in [-0.2, 0) is 4.79 Å². The SMILES string of the molecule is CCCC(=O)N1CCN(c2ccc(Cl)cc2NC(=O)c2cccc3ccccc23)CC1. The number of nitrogens with one attached hydrogen (secondary N) is 1. The Morgan fingerprint density at radius 2 is 1.71 bits per heavy atom. The maximum Gasteiger partial charge on any atom is 0.256 e. The van der Waals surface area contributed by atoms with Crippen LogP contribution in [-0.4, -0.2) is 42.9 Å². The van der Waals surface area contributed by atoms with Crippen LogP contribution in [0.15, 0.2) is 60.7 Å². The van der Waals surface area contributed by atoms with E-state index >= 15 is 0 Å². The Kier molecular flexibility index (Phi) is 6.42. The highest BCUT2D eigenvalue weighted by Gasteiger charge is 2.23. The lowest BCUT2D eigenvalue weighted by Crippen LogP contribution is -2.48. The molecule has 1 heterocycles. The average Bonchev–Trinajstić information content (AvgIpc) is 2.79. The number of nitrogens with zero attached hydrogens (tertiary/aromatic N) is 2. The molecule has 1 saturated heterocycles. The number of piperazine rings is 1. The number of fused-ring (bicyclic) bond motifs is 1. The molecule has 4 rings (SSSR count). The highest BCUT2D eigenvalue weighted by atomic mass is 35.5. The molecule has 1 aliphatic rings. The second-order valence-corrected chi connectivity index (χ2v) is 8.20. The Bertz CT molecular complexity index is 1100. The molecule has 0 aromatic heterocycles. The standard InChI is InChI=1S/C25H26ClN3O2/c1-2-6-24(30)29-15-13-28(14-16-29)23-12-11-19(26)17-22(23)27-25(31)21-10-5-8-18-7-3-4-9-20(18)21/h3-5,7-12,17H,2,6,13-16H2,1H3,(H,27,31). The minimum atomic E-state index is -0.169. The first kappa shape index (κ1) is 21.2. The van der Waals surface area contributed by atoms with Gasteiger partial charge in [0.1, 0.15) is 0 Å². The average molecular weight is 436 g/mol. The molecular formula is C25H26ClN3O2. The summed E-state index contributed by atoms with van der Waals surface area (Å²) in [6.07, 6.45) is 1.45. The summed E-state index contributed by atoms with van der Waals surface area (Å²) in [6.45, 7) is 4.81. The zero-order valence-corrected chi connectivity index (χ0v) is 18.4. The molecule has 0 spiro atoms. The summed E-state index contributed by atoms with van der Waals surface area (Å²) in [6, 6.07) is 19.1. The van der Waals surface area contributed by atoms with Crippen molar-refractivity contribution in [2.75, 3.05) is 36.4 Å². The van der Waals surface area contributed by atoms with Crippen molar-refractivity contribution in [2.24, 2.45) is 0 Å². The Balaban J connectivity index is 1.55. The summed E-state index contributed by atoms with van der Waals surface area (Å²) in [5.41, 5.74) is 2.22. The maximum atomic E-state index is 13.2. The van der Waals surface area contributed by atoms with Gasteiger partial charge in [0, 0.05) is 43.2 Å². The summed E-state index contributed by atoms with van der Waals surface area (Å²) in [5.74, 6) is 0.0415. The highest BCUT2D eigenvalue weighted by molar-refractivity contribution is 6.31. The highest BCUT2D eigenvalue weighted by Crippen LogP contribution is 2.31. The number of carbonyl (C=O) groups is 2. The van der Waals surface area contributed by atoms with Crippen LogP contribution in [0.5, 0.6) is 0 Å². The zero-order chi connectivity index (χ0) is 21.8. The summed E-state index contributed by atoms with van der Waals surface area (Å²) >= 11 is 6.26. The zero-order valence-electron chi connectivity index (χ0n) is 17.6. The van der Waals surface area contributed by atoms with Crippen molar-refractivity contribution in [1.29, 1.82) is 0 Å². The first-order valence-electron chi connectivity index (χ1n) is 10.7. The van der Waals surface area contributed by atoms with Crippen LogP contribution in [0.2, 0.25) is 5.02 Å². The van der Waals surface area contributed by atoms with Crippen molar-refractivity contribution in [2.45, 2.75) is 19.8 Å². The van der Waals surface area contributed by atoms with Crippen molar-refractivity contribution in [3.8, 4) is 0 Å². The number of hydrogen-bond donors (Lipinski definition) is 1. The quantitative estimate of drug-likeness (QED) is 0.599. The monoisotopic (exact) mass is 435 g/mol. The number of halogens is 1. The summed E-state index contributed by atoms with van der Waals surface area (Å²) < 4.78 is 0. The van der Waals surface area contributed by atoms with Gasteiger partial charge in [-0.15, -0.1) is 0 Å². The van der Waals surface area contributed by atoms with Crippen LogP contribution in [0.25, 0.3) is 10.8 Å². The van der Waals surface area contributed by atoms with Gasteiger partial charge in [0.25, 0.3) is 5.91 Å². The summed E-state index contributed by atoms with van der Waals surface area (Å²) in [4.78, 5) is 29.5. The van der Waals surface area contributed by atoms with Gasteiger partial charge in [-0.25, -0.2) is 0 Å². The molecule has 160 valence electrons.